The quantitative estimate of drug-likeness (QED) is 0.281. The van der Waals surface area contributed by atoms with Crippen molar-refractivity contribution in [3.63, 3.8) is 0 Å². The molecule has 1 aliphatic heterocycles. The molecule has 1 saturated carbocycles. The Bertz CT molecular complexity index is 1300. The van der Waals surface area contributed by atoms with E-state index in [1.807, 2.05) is 13.0 Å². The fourth-order valence-corrected chi connectivity index (χ4v) is 4.50. The molecule has 196 valence electrons. The molecule has 11 heteroatoms. The number of fused-ring (bicyclic) bond motifs is 1. The SMILES string of the molecule is C=N/C(=C\C(=N/COc1ccc2[nH]c(C)cc2c1F)N1CCN(CCF)CC1)Nc1cc(C2CC2)[nH]n1. The summed E-state index contributed by atoms with van der Waals surface area (Å²) < 4.78 is 33.5. The molecule has 3 heterocycles. The largest absolute Gasteiger partial charge is 0.468 e. The molecule has 3 aromatic rings. The molecule has 3 N–H and O–H groups in total. The van der Waals surface area contributed by atoms with Crippen molar-refractivity contribution in [1.29, 1.82) is 0 Å². The number of halogens is 2. The van der Waals surface area contributed by atoms with Gasteiger partial charge in [-0.05, 0) is 44.7 Å². The van der Waals surface area contributed by atoms with E-state index in [-0.39, 0.29) is 19.2 Å². The van der Waals surface area contributed by atoms with Crippen molar-refractivity contribution in [1.82, 2.24) is 25.0 Å². The first-order valence-corrected chi connectivity index (χ1v) is 12.5. The van der Waals surface area contributed by atoms with Crippen molar-refractivity contribution in [3.05, 3.63) is 53.4 Å². The van der Waals surface area contributed by atoms with E-state index in [1.54, 1.807) is 24.3 Å². The van der Waals surface area contributed by atoms with Gasteiger partial charge in [-0.3, -0.25) is 10.00 Å². The number of hydrogen-bond acceptors (Lipinski definition) is 6. The maximum absolute atomic E-state index is 15.0. The highest BCUT2D eigenvalue weighted by Crippen LogP contribution is 2.39. The lowest BCUT2D eigenvalue weighted by atomic mass is 10.2. The predicted octanol–water partition coefficient (Wildman–Crippen LogP) is 4.19. The van der Waals surface area contributed by atoms with Gasteiger partial charge in [-0.1, -0.05) is 0 Å². The number of piperazine rings is 1. The van der Waals surface area contributed by atoms with Gasteiger partial charge in [0.25, 0.3) is 0 Å². The summed E-state index contributed by atoms with van der Waals surface area (Å²) in [6, 6.07) is 7.12. The molecular weight excluding hydrogens is 478 g/mol. The third kappa shape index (κ3) is 5.99. The third-order valence-electron chi connectivity index (χ3n) is 6.69. The van der Waals surface area contributed by atoms with Crippen LogP contribution in [0.3, 0.4) is 0 Å². The highest BCUT2D eigenvalue weighted by Gasteiger charge is 2.25. The van der Waals surface area contributed by atoms with Gasteiger partial charge >= 0.3 is 0 Å². The van der Waals surface area contributed by atoms with E-state index < -0.39 is 5.82 Å². The molecule has 1 aromatic carbocycles. The Morgan fingerprint density at radius 1 is 1.27 bits per heavy atom. The zero-order valence-electron chi connectivity index (χ0n) is 20.9. The van der Waals surface area contributed by atoms with E-state index in [0.29, 0.717) is 61.5 Å². The van der Waals surface area contributed by atoms with Crippen LogP contribution in [0.15, 0.2) is 46.1 Å². The standard InChI is InChI=1S/C26H32F2N8O/c1-17-13-19-20(31-17)5-6-22(26(19)28)37-16-30-25(36-11-9-35(8-7-27)10-12-36)15-23(29-2)32-24-14-21(33-34-24)18-3-4-18/h5-6,13-15,18,31H,2-4,7-12,16H2,1H3,(H2,32,33,34)/b23-15+,30-25+. The lowest BCUT2D eigenvalue weighted by Gasteiger charge is -2.35. The summed E-state index contributed by atoms with van der Waals surface area (Å²) in [4.78, 5) is 16.0. The second-order valence-electron chi connectivity index (χ2n) is 9.39. The van der Waals surface area contributed by atoms with Crippen LogP contribution in [0, 0.1) is 12.7 Å². The molecule has 2 aliphatic rings. The third-order valence-corrected chi connectivity index (χ3v) is 6.69. The fourth-order valence-electron chi connectivity index (χ4n) is 4.50. The number of anilines is 1. The van der Waals surface area contributed by atoms with Crippen molar-refractivity contribution in [3.8, 4) is 5.75 Å². The van der Waals surface area contributed by atoms with Gasteiger partial charge in [0.05, 0.1) is 0 Å². The number of alkyl halides is 1. The van der Waals surface area contributed by atoms with Gasteiger partial charge in [-0.25, -0.2) is 18.8 Å². The highest BCUT2D eigenvalue weighted by molar-refractivity contribution is 5.94. The monoisotopic (exact) mass is 510 g/mol. The van der Waals surface area contributed by atoms with Crippen LogP contribution in [0.2, 0.25) is 0 Å². The van der Waals surface area contributed by atoms with E-state index in [2.05, 4.69) is 47.0 Å². The van der Waals surface area contributed by atoms with E-state index in [0.717, 1.165) is 16.9 Å². The molecule has 1 saturated heterocycles. The molecule has 0 unspecified atom stereocenters. The van der Waals surface area contributed by atoms with Crippen molar-refractivity contribution in [2.24, 2.45) is 9.98 Å². The Morgan fingerprint density at radius 2 is 2.08 bits per heavy atom. The maximum Gasteiger partial charge on any atom is 0.181 e. The molecule has 0 spiro atoms. The van der Waals surface area contributed by atoms with Gasteiger partial charge in [0.1, 0.15) is 18.3 Å². The first-order chi connectivity index (χ1) is 18.0. The number of H-pyrrole nitrogens is 2. The Balaban J connectivity index is 1.33. The van der Waals surface area contributed by atoms with Crippen LogP contribution in [0.5, 0.6) is 5.75 Å². The van der Waals surface area contributed by atoms with Crippen LogP contribution in [0.1, 0.15) is 30.1 Å². The summed E-state index contributed by atoms with van der Waals surface area (Å²) in [6.45, 7) is 8.29. The molecule has 37 heavy (non-hydrogen) atoms. The number of ether oxygens (including phenoxy) is 1. The minimum absolute atomic E-state index is 0.0823. The normalized spacial score (nSPS) is 17.4. The molecule has 2 aromatic heterocycles. The highest BCUT2D eigenvalue weighted by atomic mass is 19.1. The summed E-state index contributed by atoms with van der Waals surface area (Å²) in [7, 11) is 0. The summed E-state index contributed by atoms with van der Waals surface area (Å²) in [5.74, 6) is 2.02. The average Bonchev–Trinajstić information content (AvgIpc) is 3.52. The first-order valence-electron chi connectivity index (χ1n) is 12.5. The second-order valence-corrected chi connectivity index (χ2v) is 9.39. The van der Waals surface area contributed by atoms with E-state index >= 15 is 0 Å². The Morgan fingerprint density at radius 3 is 2.81 bits per heavy atom. The van der Waals surface area contributed by atoms with Crippen LogP contribution in [0.4, 0.5) is 14.6 Å². The summed E-state index contributed by atoms with van der Waals surface area (Å²) in [5.41, 5.74) is 2.70. The zero-order valence-corrected chi connectivity index (χ0v) is 20.9. The minimum Gasteiger partial charge on any atom is -0.468 e. The number of amidine groups is 1. The number of aliphatic imine (C=N–C) groups is 2. The first kappa shape index (κ1) is 24.9. The smallest absolute Gasteiger partial charge is 0.181 e. The minimum atomic E-state index is -0.422. The lowest BCUT2D eigenvalue weighted by molar-refractivity contribution is 0.171. The number of benzene rings is 1. The van der Waals surface area contributed by atoms with Crippen molar-refractivity contribution in [2.45, 2.75) is 25.7 Å². The number of nitrogens with zero attached hydrogens (tertiary/aromatic N) is 5. The topological polar surface area (TPSA) is 96.9 Å². The van der Waals surface area contributed by atoms with Gasteiger partial charge in [-0.15, -0.1) is 0 Å². The van der Waals surface area contributed by atoms with Gasteiger partial charge in [0, 0.05) is 73.1 Å². The number of aromatic amines is 2. The predicted molar refractivity (Wildman–Crippen MR) is 142 cm³/mol. The summed E-state index contributed by atoms with van der Waals surface area (Å²) in [6.07, 6.45) is 4.13. The van der Waals surface area contributed by atoms with Crippen LogP contribution >= 0.6 is 0 Å². The fraction of sp³-hybridized carbons (Fsp3) is 0.423. The molecule has 9 nitrogen and oxygen atoms in total. The average molecular weight is 511 g/mol. The van der Waals surface area contributed by atoms with Crippen LogP contribution in [-0.4, -0.2) is 83.7 Å². The zero-order chi connectivity index (χ0) is 25.8. The van der Waals surface area contributed by atoms with Gasteiger partial charge < -0.3 is 19.9 Å². The number of hydrogen-bond donors (Lipinski definition) is 3. The van der Waals surface area contributed by atoms with Gasteiger partial charge in [0.2, 0.25) is 0 Å². The maximum atomic E-state index is 15.0. The molecular formula is C26H32F2N8O. The molecule has 0 atom stereocenters. The molecule has 0 bridgehead atoms. The summed E-state index contributed by atoms with van der Waals surface area (Å²) in [5, 5.41) is 11.1. The van der Waals surface area contributed by atoms with E-state index in [9.17, 15) is 8.78 Å². The van der Waals surface area contributed by atoms with Crippen LogP contribution in [-0.2, 0) is 0 Å². The Kier molecular flexibility index (Phi) is 7.50. The van der Waals surface area contributed by atoms with E-state index in [4.69, 9.17) is 4.74 Å². The van der Waals surface area contributed by atoms with Gasteiger partial charge in [0.15, 0.2) is 24.1 Å². The molecule has 5 rings (SSSR count). The Labute approximate surface area is 214 Å². The number of rotatable bonds is 10. The second kappa shape index (κ2) is 11.1. The molecule has 0 radical (unpaired) electrons. The van der Waals surface area contributed by atoms with E-state index in [1.165, 1.54) is 12.8 Å². The molecule has 2 fully saturated rings. The van der Waals surface area contributed by atoms with Gasteiger partial charge in [-0.2, -0.15) is 5.10 Å². The van der Waals surface area contributed by atoms with Crippen molar-refractivity contribution < 1.29 is 13.5 Å². The summed E-state index contributed by atoms with van der Waals surface area (Å²) >= 11 is 0. The Hall–Kier alpha value is -3.73. The molecule has 0 amide bonds. The number of aryl methyl sites for hydroxylation is 1. The number of aromatic nitrogens is 3. The van der Waals surface area contributed by atoms with Crippen LogP contribution < -0.4 is 10.1 Å². The van der Waals surface area contributed by atoms with Crippen molar-refractivity contribution in [2.75, 3.05) is 51.4 Å². The number of nitrogens with one attached hydrogen (secondary N) is 3. The molecule has 1 aliphatic carbocycles. The van der Waals surface area contributed by atoms with Crippen molar-refractivity contribution >= 4 is 29.3 Å². The van der Waals surface area contributed by atoms with Crippen LogP contribution in [0.25, 0.3) is 10.9 Å². The lowest BCUT2D eigenvalue weighted by Crippen LogP contribution is -2.49.